The average molecular weight is 636 g/mol. The van der Waals surface area contributed by atoms with E-state index < -0.39 is 17.6 Å². The number of amides is 2. The fraction of sp³-hybridized carbons (Fsp3) is 0.205. The van der Waals surface area contributed by atoms with Gasteiger partial charge >= 0.3 is 6.18 Å². The SMILES string of the molecule is C/C=C(\N=C(C(=O)NCC#Cc1ccc(-c2ccccc2)cc1)C(CC)CC)NC(=O)c1ccccc1-c1ccc(C(F)(F)F)cc1. The van der Waals surface area contributed by atoms with E-state index in [9.17, 15) is 22.8 Å². The molecule has 240 valence electrons. The lowest BCUT2D eigenvalue weighted by Crippen LogP contribution is -2.36. The molecule has 0 aliphatic rings. The molecule has 0 spiro atoms. The first kappa shape index (κ1) is 34.5. The Bertz CT molecular complexity index is 1790. The predicted octanol–water partition coefficient (Wildman–Crippen LogP) is 8.68. The van der Waals surface area contributed by atoms with E-state index in [0.717, 1.165) is 28.8 Å². The molecule has 8 heteroatoms. The minimum Gasteiger partial charge on any atom is -0.340 e. The average Bonchev–Trinajstić information content (AvgIpc) is 3.09. The Morgan fingerprint density at radius 1 is 0.809 bits per heavy atom. The molecule has 0 radical (unpaired) electrons. The first-order valence-electron chi connectivity index (χ1n) is 15.4. The molecule has 0 fully saturated rings. The lowest BCUT2D eigenvalue weighted by Gasteiger charge is -2.17. The molecule has 0 unspecified atom stereocenters. The number of halogens is 3. The molecule has 0 aromatic heterocycles. The van der Waals surface area contributed by atoms with Gasteiger partial charge in [0.05, 0.1) is 12.1 Å². The summed E-state index contributed by atoms with van der Waals surface area (Å²) >= 11 is 0. The Morgan fingerprint density at radius 2 is 1.40 bits per heavy atom. The Balaban J connectivity index is 1.47. The van der Waals surface area contributed by atoms with E-state index in [0.29, 0.717) is 24.0 Å². The molecule has 2 N–H and O–H groups in total. The monoisotopic (exact) mass is 635 g/mol. The third-order valence-electron chi connectivity index (χ3n) is 7.62. The van der Waals surface area contributed by atoms with Crippen molar-refractivity contribution in [3.05, 3.63) is 132 Å². The van der Waals surface area contributed by atoms with Crippen molar-refractivity contribution in [3.8, 4) is 34.1 Å². The van der Waals surface area contributed by atoms with Crippen LogP contribution in [0.3, 0.4) is 0 Å². The maximum atomic E-state index is 13.4. The van der Waals surface area contributed by atoms with Crippen molar-refractivity contribution in [2.24, 2.45) is 10.9 Å². The molecule has 4 aromatic rings. The van der Waals surface area contributed by atoms with E-state index in [1.807, 2.05) is 68.4 Å². The number of carbonyl (C=O) groups excluding carboxylic acids is 2. The zero-order valence-corrected chi connectivity index (χ0v) is 26.5. The fourth-order valence-corrected chi connectivity index (χ4v) is 4.99. The summed E-state index contributed by atoms with van der Waals surface area (Å²) < 4.78 is 39.2. The molecule has 4 rings (SSSR count). The summed E-state index contributed by atoms with van der Waals surface area (Å²) in [5.41, 5.74) is 3.70. The van der Waals surface area contributed by atoms with E-state index in [1.54, 1.807) is 37.3 Å². The number of allylic oxidation sites excluding steroid dienone is 1. The number of rotatable bonds is 10. The maximum Gasteiger partial charge on any atom is 0.416 e. The largest absolute Gasteiger partial charge is 0.416 e. The lowest BCUT2D eigenvalue weighted by molar-refractivity contribution is -0.137. The maximum absolute atomic E-state index is 13.4. The van der Waals surface area contributed by atoms with Gasteiger partial charge in [-0.15, -0.1) is 0 Å². The lowest BCUT2D eigenvalue weighted by atomic mass is 9.96. The number of benzene rings is 4. The summed E-state index contributed by atoms with van der Waals surface area (Å²) in [6, 6.07) is 29.2. The van der Waals surface area contributed by atoms with Crippen LogP contribution >= 0.6 is 0 Å². The molecule has 0 heterocycles. The topological polar surface area (TPSA) is 70.6 Å². The summed E-state index contributed by atoms with van der Waals surface area (Å²) in [5, 5.41) is 5.61. The fourth-order valence-electron chi connectivity index (χ4n) is 4.99. The third-order valence-corrected chi connectivity index (χ3v) is 7.62. The second kappa shape index (κ2) is 16.2. The van der Waals surface area contributed by atoms with Crippen LogP contribution < -0.4 is 10.6 Å². The van der Waals surface area contributed by atoms with Crippen LogP contribution in [0.25, 0.3) is 22.3 Å². The number of nitrogens with one attached hydrogen (secondary N) is 2. The molecule has 47 heavy (non-hydrogen) atoms. The number of aliphatic imine (C=N–C) groups is 1. The van der Waals surface area contributed by atoms with Crippen LogP contribution in [-0.4, -0.2) is 24.1 Å². The molecular weight excluding hydrogens is 599 g/mol. The van der Waals surface area contributed by atoms with Gasteiger partial charge in [-0.3, -0.25) is 9.59 Å². The predicted molar refractivity (Wildman–Crippen MR) is 181 cm³/mol. The van der Waals surface area contributed by atoms with Crippen LogP contribution in [0.1, 0.15) is 55.1 Å². The summed E-state index contributed by atoms with van der Waals surface area (Å²) in [6.07, 6.45) is -1.56. The first-order valence-corrected chi connectivity index (χ1v) is 15.4. The van der Waals surface area contributed by atoms with Gasteiger partial charge in [-0.05, 0) is 78.4 Å². The molecule has 5 nitrogen and oxygen atoms in total. The van der Waals surface area contributed by atoms with Crippen LogP contribution in [0.4, 0.5) is 13.2 Å². The number of hydrogen-bond donors (Lipinski definition) is 2. The van der Waals surface area contributed by atoms with Crippen molar-refractivity contribution in [1.82, 2.24) is 10.6 Å². The van der Waals surface area contributed by atoms with E-state index in [2.05, 4.69) is 27.5 Å². The number of carbonyl (C=O) groups is 2. The Labute approximate surface area is 273 Å². The van der Waals surface area contributed by atoms with Gasteiger partial charge in [0, 0.05) is 17.0 Å². The minimum absolute atomic E-state index is 0.108. The van der Waals surface area contributed by atoms with Gasteiger partial charge in [0.1, 0.15) is 11.5 Å². The Morgan fingerprint density at radius 3 is 2.02 bits per heavy atom. The Hall–Kier alpha value is -5.42. The van der Waals surface area contributed by atoms with Crippen molar-refractivity contribution >= 4 is 17.5 Å². The van der Waals surface area contributed by atoms with Crippen LogP contribution in [0, 0.1) is 17.8 Å². The summed E-state index contributed by atoms with van der Waals surface area (Å²) in [4.78, 5) is 31.3. The first-order chi connectivity index (χ1) is 22.6. The minimum atomic E-state index is -4.46. The molecule has 0 aliphatic heterocycles. The molecule has 2 amide bonds. The van der Waals surface area contributed by atoms with E-state index >= 15 is 0 Å². The van der Waals surface area contributed by atoms with Crippen molar-refractivity contribution in [1.29, 1.82) is 0 Å². The van der Waals surface area contributed by atoms with Gasteiger partial charge < -0.3 is 10.6 Å². The molecule has 0 aliphatic carbocycles. The van der Waals surface area contributed by atoms with Gasteiger partial charge in [0.2, 0.25) is 0 Å². The van der Waals surface area contributed by atoms with Gasteiger partial charge in [0.15, 0.2) is 0 Å². The highest BCUT2D eigenvalue weighted by molar-refractivity contribution is 6.40. The standard InChI is InChI=1S/C39H36F3N3O2/c1-4-28(5-2)36(38(47)43-26-12-13-27-18-20-30(21-19-27)29-14-8-7-9-15-29)44-35(6-3)45-37(46)34-17-11-10-16-33(34)31-22-24-32(25-23-31)39(40,41)42/h6-11,14-25,28H,4-5,26H2,1-3H3,(H,43,47)(H,45,46)/b35-6+,44-36?. The van der Waals surface area contributed by atoms with Gasteiger partial charge in [-0.2, -0.15) is 13.2 Å². The van der Waals surface area contributed by atoms with E-state index in [4.69, 9.17) is 0 Å². The van der Waals surface area contributed by atoms with Crippen molar-refractivity contribution < 1.29 is 22.8 Å². The van der Waals surface area contributed by atoms with Gasteiger partial charge in [0.25, 0.3) is 11.8 Å². The molecule has 0 atom stereocenters. The van der Waals surface area contributed by atoms with Crippen LogP contribution in [0.2, 0.25) is 0 Å². The van der Waals surface area contributed by atoms with Crippen LogP contribution in [0.5, 0.6) is 0 Å². The van der Waals surface area contributed by atoms with Gasteiger partial charge in [-0.25, -0.2) is 4.99 Å². The summed E-state index contributed by atoms with van der Waals surface area (Å²) in [7, 11) is 0. The summed E-state index contributed by atoms with van der Waals surface area (Å²) in [5.74, 6) is 5.18. The zero-order valence-electron chi connectivity index (χ0n) is 26.5. The quantitative estimate of drug-likeness (QED) is 0.135. The van der Waals surface area contributed by atoms with Crippen LogP contribution in [0.15, 0.2) is 120 Å². The van der Waals surface area contributed by atoms with Crippen molar-refractivity contribution in [3.63, 3.8) is 0 Å². The van der Waals surface area contributed by atoms with E-state index in [1.165, 1.54) is 12.1 Å². The second-order valence-corrected chi connectivity index (χ2v) is 10.7. The van der Waals surface area contributed by atoms with E-state index in [-0.39, 0.29) is 35.5 Å². The highest BCUT2D eigenvalue weighted by Gasteiger charge is 2.30. The molecule has 4 aromatic carbocycles. The van der Waals surface area contributed by atoms with Crippen LogP contribution in [-0.2, 0) is 11.0 Å². The molecule has 0 saturated carbocycles. The van der Waals surface area contributed by atoms with Gasteiger partial charge in [-0.1, -0.05) is 98.5 Å². The zero-order chi connectivity index (χ0) is 33.8. The van der Waals surface area contributed by atoms with Crippen molar-refractivity contribution in [2.75, 3.05) is 6.54 Å². The molecule has 0 bridgehead atoms. The smallest absolute Gasteiger partial charge is 0.340 e. The third kappa shape index (κ3) is 9.30. The highest BCUT2D eigenvalue weighted by atomic mass is 19.4. The number of nitrogens with zero attached hydrogens (tertiary/aromatic N) is 1. The molecule has 0 saturated heterocycles. The van der Waals surface area contributed by atoms with Crippen molar-refractivity contribution in [2.45, 2.75) is 39.8 Å². The molecular formula is C39H36F3N3O2. The normalized spacial score (nSPS) is 11.9. The number of hydrogen-bond acceptors (Lipinski definition) is 3. The number of alkyl halides is 3. The second-order valence-electron chi connectivity index (χ2n) is 10.7. The highest BCUT2D eigenvalue weighted by Crippen LogP contribution is 2.32. The summed E-state index contributed by atoms with van der Waals surface area (Å²) in [6.45, 7) is 5.72. The Kier molecular flexibility index (Phi) is 11.9.